The number of anilines is 1. The molecule has 0 spiro atoms. The zero-order valence-electron chi connectivity index (χ0n) is 12.0. The number of rotatable bonds is 0. The van der Waals surface area contributed by atoms with E-state index < -0.39 is 0 Å². The molecule has 0 saturated heterocycles. The second-order valence-electron chi connectivity index (χ2n) is 5.93. The highest BCUT2D eigenvalue weighted by molar-refractivity contribution is 5.95. The van der Waals surface area contributed by atoms with Gasteiger partial charge < -0.3 is 5.32 Å². The monoisotopic (exact) mass is 252 g/mol. The molecule has 2 atom stereocenters. The smallest absolute Gasteiger partial charge is 0.0931 e. The van der Waals surface area contributed by atoms with E-state index >= 15 is 0 Å². The highest BCUT2D eigenvalue weighted by atomic mass is 15.0. The number of hydrogen-bond acceptors (Lipinski definition) is 2. The van der Waals surface area contributed by atoms with E-state index in [0.717, 1.165) is 17.1 Å². The maximum atomic E-state index is 4.91. The molecule has 98 valence electrons. The average Bonchev–Trinajstić information content (AvgIpc) is 2.75. The summed E-state index contributed by atoms with van der Waals surface area (Å²) in [5.74, 6) is 0. The molecular formula is C17H20N2. The lowest BCUT2D eigenvalue weighted by molar-refractivity contribution is 0.615. The van der Waals surface area contributed by atoms with Gasteiger partial charge in [-0.25, -0.2) is 0 Å². The number of nitrogens with one attached hydrogen (secondary N) is 1. The Labute approximate surface area is 115 Å². The van der Waals surface area contributed by atoms with Crippen molar-refractivity contribution in [3.8, 4) is 0 Å². The molecule has 0 aromatic heterocycles. The van der Waals surface area contributed by atoms with Gasteiger partial charge >= 0.3 is 0 Å². The Morgan fingerprint density at radius 1 is 1.16 bits per heavy atom. The Morgan fingerprint density at radius 3 is 2.58 bits per heavy atom. The van der Waals surface area contributed by atoms with Gasteiger partial charge in [0.05, 0.1) is 5.54 Å². The SMILES string of the molecule is C=C1C2(C)N=C(C)C=C(C)Nc3ccccc3C12C. The fraction of sp³-hybridized carbons (Fsp3) is 0.353. The normalized spacial score (nSPS) is 32.7. The molecule has 0 bridgehead atoms. The predicted octanol–water partition coefficient (Wildman–Crippen LogP) is 4.06. The summed E-state index contributed by atoms with van der Waals surface area (Å²) in [5, 5.41) is 3.49. The zero-order valence-corrected chi connectivity index (χ0v) is 12.0. The molecule has 1 fully saturated rings. The first-order valence-electron chi connectivity index (χ1n) is 6.71. The van der Waals surface area contributed by atoms with Crippen molar-refractivity contribution in [2.45, 2.75) is 38.6 Å². The second-order valence-corrected chi connectivity index (χ2v) is 5.93. The number of benzene rings is 1. The molecule has 1 aliphatic heterocycles. The molecule has 3 rings (SSSR count). The lowest BCUT2D eigenvalue weighted by Crippen LogP contribution is -2.17. The average molecular weight is 252 g/mol. The Morgan fingerprint density at radius 2 is 1.84 bits per heavy atom. The molecular weight excluding hydrogens is 232 g/mol. The first-order chi connectivity index (χ1) is 8.89. The molecule has 0 radical (unpaired) electrons. The van der Waals surface area contributed by atoms with Crippen LogP contribution < -0.4 is 5.32 Å². The van der Waals surface area contributed by atoms with E-state index in [-0.39, 0.29) is 11.0 Å². The Kier molecular flexibility index (Phi) is 2.31. The highest BCUT2D eigenvalue weighted by Gasteiger charge is 2.67. The predicted molar refractivity (Wildman–Crippen MR) is 81.8 cm³/mol. The number of allylic oxidation sites excluding steroid dienone is 2. The molecule has 2 heteroatoms. The fourth-order valence-electron chi connectivity index (χ4n) is 3.34. The Balaban J connectivity index is 2.27. The summed E-state index contributed by atoms with van der Waals surface area (Å²) in [6, 6.07) is 8.47. The third-order valence-corrected chi connectivity index (χ3v) is 4.73. The van der Waals surface area contributed by atoms with Crippen molar-refractivity contribution in [1.82, 2.24) is 0 Å². The van der Waals surface area contributed by atoms with Crippen LogP contribution in [0.1, 0.15) is 33.3 Å². The van der Waals surface area contributed by atoms with E-state index in [0.29, 0.717) is 0 Å². The topological polar surface area (TPSA) is 24.4 Å². The molecule has 1 aromatic rings. The third kappa shape index (κ3) is 1.46. The first kappa shape index (κ1) is 12.2. The Bertz CT molecular complexity index is 638. The molecule has 2 nitrogen and oxygen atoms in total. The summed E-state index contributed by atoms with van der Waals surface area (Å²) < 4.78 is 0. The van der Waals surface area contributed by atoms with Crippen LogP contribution in [-0.2, 0) is 5.41 Å². The fourth-order valence-corrected chi connectivity index (χ4v) is 3.34. The van der Waals surface area contributed by atoms with Crippen LogP contribution in [0, 0.1) is 0 Å². The van der Waals surface area contributed by atoms with E-state index in [2.05, 4.69) is 69.9 Å². The number of aliphatic imine (C=N–C) groups is 1. The summed E-state index contributed by atoms with van der Waals surface area (Å²) in [4.78, 5) is 4.91. The molecule has 2 aliphatic rings. The van der Waals surface area contributed by atoms with Gasteiger partial charge in [0.25, 0.3) is 0 Å². The number of para-hydroxylation sites is 1. The van der Waals surface area contributed by atoms with Crippen LogP contribution in [0.15, 0.2) is 53.2 Å². The quantitative estimate of drug-likeness (QED) is 0.692. The molecule has 1 heterocycles. The maximum Gasteiger partial charge on any atom is 0.0931 e. The second kappa shape index (κ2) is 3.60. The largest absolute Gasteiger partial charge is 0.359 e. The summed E-state index contributed by atoms with van der Waals surface area (Å²) >= 11 is 0. The van der Waals surface area contributed by atoms with Crippen molar-refractivity contribution in [2.75, 3.05) is 5.32 Å². The van der Waals surface area contributed by atoms with Gasteiger partial charge in [-0.1, -0.05) is 24.8 Å². The van der Waals surface area contributed by atoms with Gasteiger partial charge in [-0.05, 0) is 51.0 Å². The van der Waals surface area contributed by atoms with Crippen molar-refractivity contribution in [1.29, 1.82) is 0 Å². The standard InChI is InChI=1S/C17H20N2/c1-11-10-12(2)19-17(5)13(3)16(17,4)14-8-6-7-9-15(14)18-11/h6-10,18H,3H2,1-2,4-5H3. The van der Waals surface area contributed by atoms with Gasteiger partial charge in [-0.15, -0.1) is 0 Å². The molecule has 19 heavy (non-hydrogen) atoms. The van der Waals surface area contributed by atoms with Crippen LogP contribution >= 0.6 is 0 Å². The van der Waals surface area contributed by atoms with Gasteiger partial charge in [0.15, 0.2) is 0 Å². The zero-order chi connectivity index (χ0) is 13.8. The lowest BCUT2D eigenvalue weighted by Gasteiger charge is -2.18. The number of fused-ring (bicyclic) bond motifs is 3. The van der Waals surface area contributed by atoms with Gasteiger partial charge in [-0.2, -0.15) is 0 Å². The Hall–Kier alpha value is -1.83. The van der Waals surface area contributed by atoms with Crippen molar-refractivity contribution < 1.29 is 0 Å². The minimum Gasteiger partial charge on any atom is -0.359 e. The van der Waals surface area contributed by atoms with Crippen LogP contribution in [0.25, 0.3) is 0 Å². The molecule has 0 amide bonds. The molecule has 1 saturated carbocycles. The molecule has 1 N–H and O–H groups in total. The van der Waals surface area contributed by atoms with Crippen LogP contribution in [-0.4, -0.2) is 11.3 Å². The van der Waals surface area contributed by atoms with Crippen molar-refractivity contribution in [2.24, 2.45) is 4.99 Å². The minimum absolute atomic E-state index is 0.0731. The van der Waals surface area contributed by atoms with E-state index in [9.17, 15) is 0 Å². The summed E-state index contributed by atoms with van der Waals surface area (Å²) in [6.45, 7) is 12.8. The van der Waals surface area contributed by atoms with Gasteiger partial charge in [0, 0.05) is 22.5 Å². The number of nitrogens with zero attached hydrogens (tertiary/aromatic N) is 1. The van der Waals surface area contributed by atoms with Gasteiger partial charge in [0.2, 0.25) is 0 Å². The van der Waals surface area contributed by atoms with Crippen LogP contribution in [0.2, 0.25) is 0 Å². The number of hydrogen-bond donors (Lipinski definition) is 1. The molecule has 1 aliphatic carbocycles. The van der Waals surface area contributed by atoms with Crippen molar-refractivity contribution in [3.05, 3.63) is 53.8 Å². The minimum atomic E-state index is -0.185. The van der Waals surface area contributed by atoms with Crippen molar-refractivity contribution >= 4 is 11.4 Å². The summed E-state index contributed by atoms with van der Waals surface area (Å²) in [6.07, 6.45) is 2.10. The van der Waals surface area contributed by atoms with Crippen LogP contribution in [0.4, 0.5) is 5.69 Å². The highest BCUT2D eigenvalue weighted by Crippen LogP contribution is 2.65. The van der Waals surface area contributed by atoms with Crippen molar-refractivity contribution in [3.63, 3.8) is 0 Å². The van der Waals surface area contributed by atoms with E-state index in [1.54, 1.807) is 0 Å². The summed E-state index contributed by atoms with van der Waals surface area (Å²) in [5.41, 5.74) is 5.55. The van der Waals surface area contributed by atoms with E-state index in [1.807, 2.05) is 0 Å². The molecule has 2 unspecified atom stereocenters. The van der Waals surface area contributed by atoms with Crippen LogP contribution in [0.3, 0.4) is 0 Å². The summed E-state index contributed by atoms with van der Waals surface area (Å²) in [7, 11) is 0. The van der Waals surface area contributed by atoms with Gasteiger partial charge in [0.1, 0.15) is 0 Å². The van der Waals surface area contributed by atoms with Crippen LogP contribution in [0.5, 0.6) is 0 Å². The van der Waals surface area contributed by atoms with Gasteiger partial charge in [-0.3, -0.25) is 4.99 Å². The molecule has 1 aromatic carbocycles. The maximum absolute atomic E-state index is 4.91. The third-order valence-electron chi connectivity index (χ3n) is 4.73. The van der Waals surface area contributed by atoms with E-state index in [1.165, 1.54) is 11.1 Å². The lowest BCUT2D eigenvalue weighted by atomic mass is 9.91. The first-order valence-corrected chi connectivity index (χ1v) is 6.71. The van der Waals surface area contributed by atoms with E-state index in [4.69, 9.17) is 4.99 Å².